The van der Waals surface area contributed by atoms with E-state index in [1.54, 1.807) is 18.3 Å². The molecule has 7 heteroatoms. The van der Waals surface area contributed by atoms with Gasteiger partial charge < -0.3 is 20.4 Å². The number of para-hydroxylation sites is 1. The molecule has 6 nitrogen and oxygen atoms in total. The van der Waals surface area contributed by atoms with Crippen LogP contribution in [0, 0.1) is 5.82 Å². The van der Waals surface area contributed by atoms with Crippen molar-refractivity contribution in [2.24, 2.45) is 0 Å². The zero-order chi connectivity index (χ0) is 19.3. The monoisotopic (exact) mass is 383 g/mol. The lowest BCUT2D eigenvalue weighted by Gasteiger charge is -2.33. The van der Waals surface area contributed by atoms with Gasteiger partial charge in [-0.2, -0.15) is 0 Å². The summed E-state index contributed by atoms with van der Waals surface area (Å²) in [6.45, 7) is 3.04. The van der Waals surface area contributed by atoms with Crippen LogP contribution >= 0.6 is 0 Å². The molecule has 28 heavy (non-hydrogen) atoms. The number of anilines is 2. The molecular weight excluding hydrogens is 357 g/mol. The molecule has 4 rings (SSSR count). The molecule has 0 radical (unpaired) electrons. The van der Waals surface area contributed by atoms with Gasteiger partial charge in [0.05, 0.1) is 5.69 Å². The largest absolute Gasteiger partial charge is 0.380 e. The maximum atomic E-state index is 13.8. The summed E-state index contributed by atoms with van der Waals surface area (Å²) in [5.74, 6) is 0.723. The van der Waals surface area contributed by atoms with Crippen molar-refractivity contribution < 1.29 is 9.18 Å². The van der Waals surface area contributed by atoms with E-state index in [4.69, 9.17) is 0 Å². The molecule has 0 spiro atoms. The second-order valence-corrected chi connectivity index (χ2v) is 7.45. The van der Waals surface area contributed by atoms with Gasteiger partial charge in [-0.1, -0.05) is 18.2 Å². The summed E-state index contributed by atoms with van der Waals surface area (Å²) >= 11 is 0. The van der Waals surface area contributed by atoms with Crippen molar-refractivity contribution in [1.29, 1.82) is 0 Å². The van der Waals surface area contributed by atoms with Gasteiger partial charge in [0.1, 0.15) is 11.6 Å². The van der Waals surface area contributed by atoms with Crippen LogP contribution in [0.15, 0.2) is 48.7 Å². The molecule has 2 N–H and O–H groups in total. The van der Waals surface area contributed by atoms with Gasteiger partial charge in [-0.05, 0) is 43.5 Å². The third kappa shape index (κ3) is 4.35. The van der Waals surface area contributed by atoms with E-state index < -0.39 is 0 Å². The summed E-state index contributed by atoms with van der Waals surface area (Å²) in [7, 11) is 0. The number of amides is 2. The minimum atomic E-state index is -0.235. The number of carbonyl (C=O) groups is 1. The summed E-state index contributed by atoms with van der Waals surface area (Å²) in [5, 5.41) is 6.42. The van der Waals surface area contributed by atoms with Crippen LogP contribution in [0.1, 0.15) is 19.3 Å². The highest BCUT2D eigenvalue weighted by Crippen LogP contribution is 2.20. The molecule has 2 aliphatic rings. The Bertz CT molecular complexity index is 794. The zero-order valence-corrected chi connectivity index (χ0v) is 15.9. The van der Waals surface area contributed by atoms with Crippen LogP contribution in [0.3, 0.4) is 0 Å². The number of nitrogens with zero attached hydrogens (tertiary/aromatic N) is 3. The highest BCUT2D eigenvalue weighted by molar-refractivity contribution is 5.75. The Balaban J connectivity index is 1.23. The van der Waals surface area contributed by atoms with Gasteiger partial charge in [0.15, 0.2) is 0 Å². The van der Waals surface area contributed by atoms with Crippen molar-refractivity contribution in [3.05, 3.63) is 54.5 Å². The molecule has 0 bridgehead atoms. The number of benzene rings is 1. The molecule has 2 saturated heterocycles. The van der Waals surface area contributed by atoms with Crippen LogP contribution < -0.4 is 15.5 Å². The van der Waals surface area contributed by atoms with E-state index in [0.29, 0.717) is 18.8 Å². The predicted octanol–water partition coefficient (Wildman–Crippen LogP) is 3.09. The molecule has 1 aromatic carbocycles. The summed E-state index contributed by atoms with van der Waals surface area (Å²) in [5.41, 5.74) is 0.533. The number of aromatic nitrogens is 1. The molecule has 2 aromatic rings. The van der Waals surface area contributed by atoms with Gasteiger partial charge >= 0.3 is 6.03 Å². The van der Waals surface area contributed by atoms with E-state index in [-0.39, 0.29) is 23.9 Å². The zero-order valence-electron chi connectivity index (χ0n) is 15.9. The number of hydrogen-bond acceptors (Lipinski definition) is 4. The van der Waals surface area contributed by atoms with Crippen molar-refractivity contribution in [3.63, 3.8) is 0 Å². The number of carbonyl (C=O) groups excluding carboxylic acids is 1. The second kappa shape index (κ2) is 8.46. The Kier molecular flexibility index (Phi) is 5.60. The Morgan fingerprint density at radius 2 is 1.75 bits per heavy atom. The third-order valence-electron chi connectivity index (χ3n) is 5.50. The summed E-state index contributed by atoms with van der Waals surface area (Å²) in [4.78, 5) is 21.1. The van der Waals surface area contributed by atoms with Crippen molar-refractivity contribution in [3.8, 4) is 0 Å². The number of pyridine rings is 1. The predicted molar refractivity (Wildman–Crippen MR) is 108 cm³/mol. The fourth-order valence-corrected chi connectivity index (χ4v) is 3.92. The number of halogens is 1. The second-order valence-electron chi connectivity index (χ2n) is 7.45. The Labute approximate surface area is 164 Å². The van der Waals surface area contributed by atoms with E-state index >= 15 is 0 Å². The number of nitrogens with one attached hydrogen (secondary N) is 2. The van der Waals surface area contributed by atoms with E-state index in [0.717, 1.165) is 38.2 Å². The number of likely N-dealkylation sites (tertiary alicyclic amines) is 1. The van der Waals surface area contributed by atoms with Crippen molar-refractivity contribution in [2.75, 3.05) is 36.4 Å². The van der Waals surface area contributed by atoms with Crippen molar-refractivity contribution >= 4 is 17.5 Å². The fraction of sp³-hybridized carbons (Fsp3) is 0.429. The van der Waals surface area contributed by atoms with Crippen LogP contribution in [-0.2, 0) is 0 Å². The van der Waals surface area contributed by atoms with Crippen LogP contribution in [0.25, 0.3) is 0 Å². The first-order chi connectivity index (χ1) is 13.7. The van der Waals surface area contributed by atoms with Crippen LogP contribution in [0.5, 0.6) is 0 Å². The molecule has 1 aromatic heterocycles. The molecule has 2 amide bonds. The lowest BCUT2D eigenvalue weighted by molar-refractivity contribution is 0.180. The summed E-state index contributed by atoms with van der Waals surface area (Å²) in [6, 6.07) is 12.9. The quantitative estimate of drug-likeness (QED) is 0.852. The molecule has 2 fully saturated rings. The van der Waals surface area contributed by atoms with Crippen LogP contribution in [0.2, 0.25) is 0 Å². The van der Waals surface area contributed by atoms with Gasteiger partial charge in [-0.25, -0.2) is 14.2 Å². The molecule has 3 heterocycles. The third-order valence-corrected chi connectivity index (χ3v) is 5.50. The lowest BCUT2D eigenvalue weighted by Crippen LogP contribution is -2.50. The van der Waals surface area contributed by atoms with Gasteiger partial charge in [-0.15, -0.1) is 0 Å². The smallest absolute Gasteiger partial charge is 0.317 e. The van der Waals surface area contributed by atoms with E-state index in [2.05, 4.69) is 20.5 Å². The maximum absolute atomic E-state index is 13.8. The molecule has 0 saturated carbocycles. The van der Waals surface area contributed by atoms with Crippen LogP contribution in [0.4, 0.5) is 20.7 Å². The molecule has 1 unspecified atom stereocenters. The van der Waals surface area contributed by atoms with Gasteiger partial charge in [-0.3, -0.25) is 0 Å². The molecule has 0 aliphatic carbocycles. The standard InChI is InChI=1S/C21H26FN5O/c22-18-5-1-2-6-19(18)24-16-8-12-26(13-9-16)21(28)25-17-10-14-27(15-17)20-7-3-4-11-23-20/h1-7,11,16-17,24H,8-10,12-15H2,(H,25,28). The minimum absolute atomic E-state index is 0.00258. The molecular formula is C21H26FN5O. The van der Waals surface area contributed by atoms with Gasteiger partial charge in [0, 0.05) is 44.5 Å². The normalized spacial score (nSPS) is 20.2. The lowest BCUT2D eigenvalue weighted by atomic mass is 10.0. The average molecular weight is 383 g/mol. The molecule has 148 valence electrons. The van der Waals surface area contributed by atoms with E-state index in [9.17, 15) is 9.18 Å². The highest BCUT2D eigenvalue weighted by atomic mass is 19.1. The maximum Gasteiger partial charge on any atom is 0.317 e. The molecule has 2 aliphatic heterocycles. The Hall–Kier alpha value is -2.83. The topological polar surface area (TPSA) is 60.5 Å². The van der Waals surface area contributed by atoms with Crippen molar-refractivity contribution in [1.82, 2.24) is 15.2 Å². The summed E-state index contributed by atoms with van der Waals surface area (Å²) < 4.78 is 13.8. The number of rotatable bonds is 4. The number of hydrogen-bond donors (Lipinski definition) is 2. The van der Waals surface area contributed by atoms with Crippen LogP contribution in [-0.4, -0.2) is 54.2 Å². The van der Waals surface area contributed by atoms with E-state index in [1.807, 2.05) is 29.2 Å². The van der Waals surface area contributed by atoms with Crippen molar-refractivity contribution in [2.45, 2.75) is 31.3 Å². The average Bonchev–Trinajstić information content (AvgIpc) is 3.19. The first-order valence-corrected chi connectivity index (χ1v) is 9.91. The SMILES string of the molecule is O=C(NC1CCN(c2ccccn2)C1)N1CCC(Nc2ccccc2F)CC1. The highest BCUT2D eigenvalue weighted by Gasteiger charge is 2.28. The first-order valence-electron chi connectivity index (χ1n) is 9.91. The fourth-order valence-electron chi connectivity index (χ4n) is 3.92. The number of piperidine rings is 1. The van der Waals surface area contributed by atoms with E-state index in [1.165, 1.54) is 6.07 Å². The van der Waals surface area contributed by atoms with Gasteiger partial charge in [0.25, 0.3) is 0 Å². The Morgan fingerprint density at radius 3 is 2.50 bits per heavy atom. The molecule has 1 atom stereocenters. The number of urea groups is 1. The minimum Gasteiger partial charge on any atom is -0.380 e. The first kappa shape index (κ1) is 18.5. The Morgan fingerprint density at radius 1 is 1.00 bits per heavy atom. The van der Waals surface area contributed by atoms with Gasteiger partial charge in [0.2, 0.25) is 0 Å². The summed E-state index contributed by atoms with van der Waals surface area (Å²) in [6.07, 6.45) is 4.34.